The van der Waals surface area contributed by atoms with Gasteiger partial charge in [0.2, 0.25) is 5.95 Å². The number of nitrogens with one attached hydrogen (secondary N) is 1. The number of aromatic nitrogens is 5. The fourth-order valence-corrected chi connectivity index (χ4v) is 1.45. The number of anilines is 1. The van der Waals surface area contributed by atoms with Crippen molar-refractivity contribution in [3.05, 3.63) is 18.0 Å². The molecule has 84 valence electrons. The van der Waals surface area contributed by atoms with E-state index in [9.17, 15) is 0 Å². The molecule has 0 aliphatic carbocycles. The van der Waals surface area contributed by atoms with Crippen molar-refractivity contribution < 1.29 is 0 Å². The predicted octanol–water partition coefficient (Wildman–Crippen LogP) is 1.01. The molecule has 1 N–H and O–H groups in total. The molecule has 2 aromatic rings. The Labute approximate surface area is 93.7 Å². The van der Waals surface area contributed by atoms with Crippen molar-refractivity contribution in [3.8, 4) is 11.4 Å². The number of rotatable bonds is 3. The molecule has 0 radical (unpaired) electrons. The molecule has 0 bridgehead atoms. The number of aryl methyl sites for hydroxylation is 2. The van der Waals surface area contributed by atoms with Crippen molar-refractivity contribution in [1.29, 1.82) is 0 Å². The zero-order chi connectivity index (χ0) is 11.5. The van der Waals surface area contributed by atoms with Gasteiger partial charge in [-0.15, -0.1) is 5.10 Å². The Morgan fingerprint density at radius 2 is 2.19 bits per heavy atom. The van der Waals surface area contributed by atoms with E-state index in [0.717, 1.165) is 23.5 Å². The van der Waals surface area contributed by atoms with Crippen molar-refractivity contribution in [2.45, 2.75) is 13.8 Å². The summed E-state index contributed by atoms with van der Waals surface area (Å²) in [5.74, 6) is 0.629. The second-order valence-corrected chi connectivity index (χ2v) is 3.50. The van der Waals surface area contributed by atoms with E-state index in [1.807, 2.05) is 20.9 Å². The lowest BCUT2D eigenvalue weighted by Crippen LogP contribution is -2.05. The molecule has 2 aromatic heterocycles. The smallest absolute Gasteiger partial charge is 0.223 e. The molecule has 0 spiro atoms. The summed E-state index contributed by atoms with van der Waals surface area (Å²) in [5, 5.41) is 10.8. The van der Waals surface area contributed by atoms with Crippen LogP contribution in [0, 0.1) is 6.92 Å². The van der Waals surface area contributed by atoms with E-state index in [1.165, 1.54) is 0 Å². The Morgan fingerprint density at radius 1 is 1.38 bits per heavy atom. The van der Waals surface area contributed by atoms with Gasteiger partial charge in [-0.2, -0.15) is 0 Å². The molecule has 0 saturated carbocycles. The lowest BCUT2D eigenvalue weighted by Gasteiger charge is -2.07. The van der Waals surface area contributed by atoms with Crippen molar-refractivity contribution in [2.75, 3.05) is 11.9 Å². The molecule has 16 heavy (non-hydrogen) atoms. The van der Waals surface area contributed by atoms with Gasteiger partial charge in [-0.3, -0.25) is 0 Å². The zero-order valence-corrected chi connectivity index (χ0v) is 9.60. The second kappa shape index (κ2) is 4.26. The van der Waals surface area contributed by atoms with E-state index in [2.05, 4.69) is 25.6 Å². The van der Waals surface area contributed by atoms with Gasteiger partial charge < -0.3 is 5.32 Å². The van der Waals surface area contributed by atoms with Crippen LogP contribution in [0.5, 0.6) is 0 Å². The quantitative estimate of drug-likeness (QED) is 0.832. The largest absolute Gasteiger partial charge is 0.354 e. The van der Waals surface area contributed by atoms with Crippen molar-refractivity contribution >= 4 is 5.95 Å². The first-order valence-corrected chi connectivity index (χ1v) is 5.15. The molecule has 0 atom stereocenters. The summed E-state index contributed by atoms with van der Waals surface area (Å²) in [6.07, 6.45) is 3.50. The van der Waals surface area contributed by atoms with Gasteiger partial charge in [0.1, 0.15) is 5.69 Å². The summed E-state index contributed by atoms with van der Waals surface area (Å²) in [5.41, 5.74) is 2.75. The third-order valence-electron chi connectivity index (χ3n) is 2.26. The summed E-state index contributed by atoms with van der Waals surface area (Å²) in [6, 6.07) is 0. The summed E-state index contributed by atoms with van der Waals surface area (Å²) in [6.45, 7) is 4.78. The van der Waals surface area contributed by atoms with Crippen molar-refractivity contribution in [3.63, 3.8) is 0 Å². The lowest BCUT2D eigenvalue weighted by molar-refractivity contribution is 0.718. The second-order valence-electron chi connectivity index (χ2n) is 3.50. The normalized spacial score (nSPS) is 10.4. The van der Waals surface area contributed by atoms with Crippen LogP contribution in [0.25, 0.3) is 11.4 Å². The highest BCUT2D eigenvalue weighted by molar-refractivity contribution is 5.58. The van der Waals surface area contributed by atoms with E-state index < -0.39 is 0 Å². The third-order valence-corrected chi connectivity index (χ3v) is 2.26. The van der Waals surface area contributed by atoms with Gasteiger partial charge in [-0.1, -0.05) is 5.21 Å². The topological polar surface area (TPSA) is 68.5 Å². The van der Waals surface area contributed by atoms with Crippen LogP contribution in [0.15, 0.2) is 12.4 Å². The zero-order valence-electron chi connectivity index (χ0n) is 9.60. The van der Waals surface area contributed by atoms with E-state index in [1.54, 1.807) is 17.1 Å². The Bertz CT molecular complexity index is 490. The molecule has 0 aliphatic heterocycles. The van der Waals surface area contributed by atoms with Gasteiger partial charge in [0.05, 0.1) is 11.9 Å². The first kappa shape index (κ1) is 10.5. The average Bonchev–Trinajstić information content (AvgIpc) is 2.68. The standard InChI is InChI=1S/C10H14N6/c1-4-11-10-12-5-7(2)9(14-10)8-6-13-15-16(8)3/h5-6H,4H2,1-3H3,(H,11,12,14). The maximum absolute atomic E-state index is 4.44. The average molecular weight is 218 g/mol. The first-order chi connectivity index (χ1) is 7.72. The van der Waals surface area contributed by atoms with Gasteiger partial charge in [-0.05, 0) is 19.4 Å². The molecular weight excluding hydrogens is 204 g/mol. The van der Waals surface area contributed by atoms with E-state index in [-0.39, 0.29) is 0 Å². The van der Waals surface area contributed by atoms with Gasteiger partial charge in [0.25, 0.3) is 0 Å². The van der Waals surface area contributed by atoms with Crippen LogP contribution in [0.3, 0.4) is 0 Å². The predicted molar refractivity (Wildman–Crippen MR) is 60.9 cm³/mol. The Balaban J connectivity index is 2.47. The lowest BCUT2D eigenvalue weighted by atomic mass is 10.2. The molecule has 0 amide bonds. The SMILES string of the molecule is CCNc1ncc(C)c(-c2cnnn2C)n1. The van der Waals surface area contributed by atoms with Gasteiger partial charge in [-0.25, -0.2) is 14.6 Å². The molecule has 0 fully saturated rings. The fraction of sp³-hybridized carbons (Fsp3) is 0.400. The first-order valence-electron chi connectivity index (χ1n) is 5.15. The van der Waals surface area contributed by atoms with E-state index in [0.29, 0.717) is 5.95 Å². The summed E-state index contributed by atoms with van der Waals surface area (Å²) < 4.78 is 1.70. The minimum atomic E-state index is 0.629. The highest BCUT2D eigenvalue weighted by Gasteiger charge is 2.10. The Morgan fingerprint density at radius 3 is 2.81 bits per heavy atom. The van der Waals surface area contributed by atoms with Gasteiger partial charge >= 0.3 is 0 Å². The molecule has 0 saturated heterocycles. The molecule has 2 rings (SSSR count). The minimum absolute atomic E-state index is 0.629. The van der Waals surface area contributed by atoms with Crippen LogP contribution in [0.1, 0.15) is 12.5 Å². The van der Waals surface area contributed by atoms with Gasteiger partial charge in [0.15, 0.2) is 0 Å². The maximum atomic E-state index is 4.44. The number of nitrogens with zero attached hydrogens (tertiary/aromatic N) is 5. The van der Waals surface area contributed by atoms with Crippen molar-refractivity contribution in [2.24, 2.45) is 7.05 Å². The monoisotopic (exact) mass is 218 g/mol. The maximum Gasteiger partial charge on any atom is 0.223 e. The Kier molecular flexibility index (Phi) is 2.80. The summed E-state index contributed by atoms with van der Waals surface area (Å²) in [4.78, 5) is 8.64. The van der Waals surface area contributed by atoms with Crippen molar-refractivity contribution in [1.82, 2.24) is 25.0 Å². The van der Waals surface area contributed by atoms with E-state index in [4.69, 9.17) is 0 Å². The molecule has 2 heterocycles. The summed E-state index contributed by atoms with van der Waals surface area (Å²) in [7, 11) is 1.84. The highest BCUT2D eigenvalue weighted by atomic mass is 15.4. The third kappa shape index (κ3) is 1.86. The molecule has 0 aromatic carbocycles. The van der Waals surface area contributed by atoms with Gasteiger partial charge in [0, 0.05) is 19.8 Å². The van der Waals surface area contributed by atoms with E-state index >= 15 is 0 Å². The summed E-state index contributed by atoms with van der Waals surface area (Å²) >= 11 is 0. The van der Waals surface area contributed by atoms with Crippen LogP contribution in [-0.4, -0.2) is 31.5 Å². The van der Waals surface area contributed by atoms with Crippen LogP contribution < -0.4 is 5.32 Å². The molecule has 0 unspecified atom stereocenters. The highest BCUT2D eigenvalue weighted by Crippen LogP contribution is 2.19. The van der Waals surface area contributed by atoms with Crippen LogP contribution in [0.4, 0.5) is 5.95 Å². The molecule has 0 aliphatic rings. The Hall–Kier alpha value is -1.98. The van der Waals surface area contributed by atoms with Crippen LogP contribution in [0.2, 0.25) is 0 Å². The number of hydrogen-bond acceptors (Lipinski definition) is 5. The minimum Gasteiger partial charge on any atom is -0.354 e. The number of hydrogen-bond donors (Lipinski definition) is 1. The fourth-order valence-electron chi connectivity index (χ4n) is 1.45. The molecular formula is C10H14N6. The van der Waals surface area contributed by atoms with Crippen LogP contribution in [-0.2, 0) is 7.05 Å². The molecule has 6 nitrogen and oxygen atoms in total. The molecule has 6 heteroatoms. The van der Waals surface area contributed by atoms with Crippen LogP contribution >= 0.6 is 0 Å².